The van der Waals surface area contributed by atoms with Crippen LogP contribution in [-0.2, 0) is 13.5 Å². The topological polar surface area (TPSA) is 50.2 Å². The van der Waals surface area contributed by atoms with Gasteiger partial charge in [-0.2, -0.15) is 16.9 Å². The number of nitrogens with zero attached hydrogens (tertiary/aromatic N) is 3. The van der Waals surface area contributed by atoms with Gasteiger partial charge in [-0.25, -0.2) is 4.79 Å². The Bertz CT molecular complexity index is 448. The highest BCUT2D eigenvalue weighted by atomic mass is 32.2. The summed E-state index contributed by atoms with van der Waals surface area (Å²) < 4.78 is 1.83. The number of hydrogen-bond donors (Lipinski definition) is 1. The Morgan fingerprint density at radius 2 is 2.45 bits per heavy atom. The smallest absolute Gasteiger partial charge is 0.317 e. The van der Waals surface area contributed by atoms with Gasteiger partial charge >= 0.3 is 6.03 Å². The lowest BCUT2D eigenvalue weighted by Crippen LogP contribution is -2.43. The van der Waals surface area contributed by atoms with Gasteiger partial charge in [-0.1, -0.05) is 0 Å². The van der Waals surface area contributed by atoms with Gasteiger partial charge < -0.3 is 10.2 Å². The second-order valence-corrected chi connectivity index (χ2v) is 6.54. The molecule has 2 atom stereocenters. The van der Waals surface area contributed by atoms with E-state index in [1.165, 1.54) is 5.56 Å². The minimum absolute atomic E-state index is 0.0836. The van der Waals surface area contributed by atoms with Crippen LogP contribution in [0.4, 0.5) is 4.79 Å². The van der Waals surface area contributed by atoms with Gasteiger partial charge in [-0.15, -0.1) is 0 Å². The summed E-state index contributed by atoms with van der Waals surface area (Å²) in [6.45, 7) is 3.77. The van der Waals surface area contributed by atoms with E-state index in [4.69, 9.17) is 0 Å². The maximum absolute atomic E-state index is 12.1. The molecule has 112 valence electrons. The van der Waals surface area contributed by atoms with Crippen LogP contribution in [0.5, 0.6) is 0 Å². The summed E-state index contributed by atoms with van der Waals surface area (Å²) in [5.74, 6) is 1.51. The van der Waals surface area contributed by atoms with Gasteiger partial charge in [0.15, 0.2) is 0 Å². The molecule has 1 fully saturated rings. The van der Waals surface area contributed by atoms with Crippen LogP contribution in [0.1, 0.15) is 18.9 Å². The molecule has 1 aromatic heterocycles. The van der Waals surface area contributed by atoms with Gasteiger partial charge in [0.25, 0.3) is 0 Å². The summed E-state index contributed by atoms with van der Waals surface area (Å²) in [5, 5.41) is 7.26. The first-order valence-corrected chi connectivity index (χ1v) is 8.49. The fraction of sp³-hybridized carbons (Fsp3) is 0.714. The van der Waals surface area contributed by atoms with Gasteiger partial charge in [0.05, 0.1) is 6.20 Å². The zero-order valence-electron chi connectivity index (χ0n) is 12.5. The summed E-state index contributed by atoms with van der Waals surface area (Å²) in [4.78, 5) is 14.1. The number of thioether (sulfide) groups is 1. The summed E-state index contributed by atoms with van der Waals surface area (Å²) in [5.41, 5.74) is 1.26. The number of likely N-dealkylation sites (tertiary alicyclic amines) is 1. The first-order valence-electron chi connectivity index (χ1n) is 7.10. The van der Waals surface area contributed by atoms with E-state index in [0.29, 0.717) is 5.92 Å². The molecule has 6 heteroatoms. The molecule has 1 aliphatic heterocycles. The van der Waals surface area contributed by atoms with Crippen molar-refractivity contribution in [3.05, 3.63) is 18.0 Å². The SMILES string of the molecule is CSC[C@@H](C)NC(=O)N1CC[C@@H](Cc2cnn(C)c2)C1. The zero-order valence-corrected chi connectivity index (χ0v) is 13.3. The number of hydrogen-bond acceptors (Lipinski definition) is 3. The van der Waals surface area contributed by atoms with E-state index in [-0.39, 0.29) is 12.1 Å². The third-order valence-corrected chi connectivity index (χ3v) is 4.48. The minimum Gasteiger partial charge on any atom is -0.335 e. The van der Waals surface area contributed by atoms with Crippen molar-refractivity contribution in [2.24, 2.45) is 13.0 Å². The molecule has 2 rings (SSSR count). The van der Waals surface area contributed by atoms with Crippen LogP contribution < -0.4 is 5.32 Å². The first-order chi connectivity index (χ1) is 9.58. The van der Waals surface area contributed by atoms with Crippen LogP contribution in [-0.4, -0.2) is 51.9 Å². The molecular weight excluding hydrogens is 272 g/mol. The van der Waals surface area contributed by atoms with E-state index >= 15 is 0 Å². The van der Waals surface area contributed by atoms with Crippen LogP contribution >= 0.6 is 11.8 Å². The van der Waals surface area contributed by atoms with Gasteiger partial charge in [0, 0.05) is 38.1 Å². The Hall–Kier alpha value is -1.17. The Morgan fingerprint density at radius 3 is 3.10 bits per heavy atom. The molecule has 1 N–H and O–H groups in total. The quantitative estimate of drug-likeness (QED) is 0.900. The lowest BCUT2D eigenvalue weighted by atomic mass is 10.0. The molecule has 1 saturated heterocycles. The van der Waals surface area contributed by atoms with Crippen molar-refractivity contribution in [3.63, 3.8) is 0 Å². The highest BCUT2D eigenvalue weighted by molar-refractivity contribution is 7.98. The molecule has 0 unspecified atom stereocenters. The molecule has 0 aromatic carbocycles. The normalized spacial score (nSPS) is 20.1. The van der Waals surface area contributed by atoms with Crippen LogP contribution in [0.25, 0.3) is 0 Å². The number of urea groups is 1. The lowest BCUT2D eigenvalue weighted by Gasteiger charge is -2.20. The molecule has 0 bridgehead atoms. The monoisotopic (exact) mass is 296 g/mol. The van der Waals surface area contributed by atoms with Gasteiger partial charge in [-0.3, -0.25) is 4.68 Å². The largest absolute Gasteiger partial charge is 0.335 e. The van der Waals surface area contributed by atoms with E-state index < -0.39 is 0 Å². The molecule has 0 saturated carbocycles. The lowest BCUT2D eigenvalue weighted by molar-refractivity contribution is 0.204. The Balaban J connectivity index is 1.78. The molecule has 0 aliphatic carbocycles. The number of aromatic nitrogens is 2. The molecule has 1 aliphatic rings. The van der Waals surface area contributed by atoms with Gasteiger partial charge in [-0.05, 0) is 37.5 Å². The predicted molar refractivity (Wildman–Crippen MR) is 83.0 cm³/mol. The minimum atomic E-state index is 0.0836. The predicted octanol–water partition coefficient (Wildman–Crippen LogP) is 1.75. The van der Waals surface area contributed by atoms with Crippen molar-refractivity contribution in [3.8, 4) is 0 Å². The maximum Gasteiger partial charge on any atom is 0.317 e. The molecule has 20 heavy (non-hydrogen) atoms. The van der Waals surface area contributed by atoms with Gasteiger partial charge in [0.1, 0.15) is 0 Å². The molecule has 0 spiro atoms. The molecule has 1 aromatic rings. The summed E-state index contributed by atoms with van der Waals surface area (Å²) >= 11 is 1.76. The third kappa shape index (κ3) is 4.16. The van der Waals surface area contributed by atoms with Crippen molar-refractivity contribution >= 4 is 17.8 Å². The van der Waals surface area contributed by atoms with Crippen LogP contribution in [0.3, 0.4) is 0 Å². The number of carbonyl (C=O) groups excluding carboxylic acids is 1. The first kappa shape index (κ1) is 15.2. The van der Waals surface area contributed by atoms with Crippen LogP contribution in [0.15, 0.2) is 12.4 Å². The van der Waals surface area contributed by atoms with Crippen LogP contribution in [0, 0.1) is 5.92 Å². The number of amides is 2. The Morgan fingerprint density at radius 1 is 1.65 bits per heavy atom. The fourth-order valence-electron chi connectivity index (χ4n) is 2.69. The number of carbonyl (C=O) groups is 1. The van der Waals surface area contributed by atoms with Crippen molar-refractivity contribution < 1.29 is 4.79 Å². The summed E-state index contributed by atoms with van der Waals surface area (Å²) in [6, 6.07) is 0.315. The second-order valence-electron chi connectivity index (χ2n) is 5.63. The Kier molecular flexibility index (Phi) is 5.34. The number of rotatable bonds is 5. The number of nitrogens with one attached hydrogen (secondary N) is 1. The number of aryl methyl sites for hydroxylation is 1. The summed E-state index contributed by atoms with van der Waals surface area (Å²) in [6.07, 6.45) is 8.13. The zero-order chi connectivity index (χ0) is 14.5. The maximum atomic E-state index is 12.1. The van der Waals surface area contributed by atoms with Gasteiger partial charge in [0.2, 0.25) is 0 Å². The molecule has 0 radical (unpaired) electrons. The highest BCUT2D eigenvalue weighted by Gasteiger charge is 2.27. The van der Waals surface area contributed by atoms with E-state index in [0.717, 1.165) is 31.7 Å². The average molecular weight is 296 g/mol. The highest BCUT2D eigenvalue weighted by Crippen LogP contribution is 2.20. The van der Waals surface area contributed by atoms with E-state index in [1.54, 1.807) is 11.8 Å². The van der Waals surface area contributed by atoms with Crippen molar-refractivity contribution in [1.82, 2.24) is 20.0 Å². The van der Waals surface area contributed by atoms with E-state index in [2.05, 4.69) is 29.8 Å². The Labute approximate surface area is 125 Å². The van der Waals surface area contributed by atoms with Crippen molar-refractivity contribution in [2.45, 2.75) is 25.8 Å². The van der Waals surface area contributed by atoms with E-state index in [9.17, 15) is 4.79 Å². The molecule has 5 nitrogen and oxygen atoms in total. The molecule has 2 heterocycles. The average Bonchev–Trinajstić information content (AvgIpc) is 2.99. The fourth-order valence-corrected chi connectivity index (χ4v) is 3.27. The second kappa shape index (κ2) is 7.02. The van der Waals surface area contributed by atoms with Crippen molar-refractivity contribution in [1.29, 1.82) is 0 Å². The molecule has 2 amide bonds. The van der Waals surface area contributed by atoms with E-state index in [1.807, 2.05) is 22.8 Å². The molecular formula is C14H24N4OS. The standard InChI is InChI=1S/C14H24N4OS/c1-11(10-20-3)16-14(19)18-5-4-12(9-18)6-13-7-15-17(2)8-13/h7-8,11-12H,4-6,9-10H2,1-3H3,(H,16,19)/t11-,12+/m1/s1. The third-order valence-electron chi connectivity index (χ3n) is 3.64. The van der Waals surface area contributed by atoms with Crippen LogP contribution in [0.2, 0.25) is 0 Å². The summed E-state index contributed by atoms with van der Waals surface area (Å²) in [7, 11) is 1.94. The van der Waals surface area contributed by atoms with Crippen molar-refractivity contribution in [2.75, 3.05) is 25.1 Å².